The molecule has 0 fully saturated rings. The van der Waals surface area contributed by atoms with Crippen LogP contribution in [0, 0.1) is 6.92 Å². The quantitative estimate of drug-likeness (QED) is 0.561. The summed E-state index contributed by atoms with van der Waals surface area (Å²) in [7, 11) is 0. The molecule has 0 saturated carbocycles. The van der Waals surface area contributed by atoms with Crippen LogP contribution in [0.4, 0.5) is 4.79 Å². The van der Waals surface area contributed by atoms with Gasteiger partial charge in [-0.05, 0) is 13.3 Å². The molecule has 20 heavy (non-hydrogen) atoms. The Morgan fingerprint density at radius 2 is 2.20 bits per heavy atom. The second-order valence-corrected chi connectivity index (χ2v) is 5.41. The van der Waals surface area contributed by atoms with Gasteiger partial charge in [0, 0.05) is 17.5 Å². The predicted octanol–water partition coefficient (Wildman–Crippen LogP) is -0.0306. The molecule has 0 aliphatic heterocycles. The summed E-state index contributed by atoms with van der Waals surface area (Å²) in [4.78, 5) is 38.2. The van der Waals surface area contributed by atoms with E-state index in [0.29, 0.717) is 0 Å². The van der Waals surface area contributed by atoms with E-state index in [2.05, 4.69) is 15.6 Å². The molecule has 0 bridgehead atoms. The molecule has 0 aromatic carbocycles. The predicted molar refractivity (Wildman–Crippen MR) is 72.1 cm³/mol. The number of urea groups is 1. The molecule has 1 atom stereocenters. The number of nitrogens with two attached hydrogens (primary N) is 1. The third-order valence-electron chi connectivity index (χ3n) is 2.35. The number of carbonyl (C=O) groups is 3. The molecule has 1 rings (SSSR count). The van der Waals surface area contributed by atoms with Gasteiger partial charge in [0.1, 0.15) is 11.0 Å². The van der Waals surface area contributed by atoms with Crippen LogP contribution in [0.15, 0.2) is 6.20 Å². The van der Waals surface area contributed by atoms with Crippen LogP contribution in [-0.4, -0.2) is 34.0 Å². The van der Waals surface area contributed by atoms with Gasteiger partial charge in [-0.15, -0.1) is 11.3 Å². The lowest BCUT2D eigenvalue weighted by Crippen LogP contribution is -2.46. The summed E-state index contributed by atoms with van der Waals surface area (Å²) in [5.74, 6) is -1.83. The van der Waals surface area contributed by atoms with Crippen molar-refractivity contribution in [2.24, 2.45) is 5.73 Å². The highest BCUT2D eigenvalue weighted by atomic mass is 32.1. The van der Waals surface area contributed by atoms with Gasteiger partial charge in [-0.3, -0.25) is 4.79 Å². The fourth-order valence-electron chi connectivity index (χ4n) is 1.39. The number of aromatic nitrogens is 1. The third kappa shape index (κ3) is 5.65. The normalized spacial score (nSPS) is 11.7. The molecule has 0 unspecified atom stereocenters. The van der Waals surface area contributed by atoms with E-state index in [1.165, 1.54) is 11.3 Å². The number of rotatable bonds is 7. The van der Waals surface area contributed by atoms with Crippen LogP contribution in [-0.2, 0) is 16.1 Å². The number of primary amides is 1. The fourth-order valence-corrected chi connectivity index (χ4v) is 2.12. The van der Waals surface area contributed by atoms with Crippen molar-refractivity contribution in [1.82, 2.24) is 15.6 Å². The fraction of sp³-hybridized carbons (Fsp3) is 0.455. The minimum absolute atomic E-state index is 0.0472. The zero-order valence-corrected chi connectivity index (χ0v) is 11.7. The molecular formula is C11H16N4O4S. The van der Waals surface area contributed by atoms with Crippen molar-refractivity contribution in [2.45, 2.75) is 32.4 Å². The Morgan fingerprint density at radius 1 is 1.50 bits per heavy atom. The molecule has 110 valence electrons. The molecule has 9 heteroatoms. The zero-order chi connectivity index (χ0) is 15.1. The summed E-state index contributed by atoms with van der Waals surface area (Å²) in [6, 6.07) is -1.78. The number of amides is 3. The molecule has 1 aromatic heterocycles. The average molecular weight is 300 g/mol. The van der Waals surface area contributed by atoms with Gasteiger partial charge in [-0.25, -0.2) is 14.6 Å². The van der Waals surface area contributed by atoms with E-state index in [1.807, 2.05) is 6.92 Å². The summed E-state index contributed by atoms with van der Waals surface area (Å²) in [5, 5.41) is 14.4. The van der Waals surface area contributed by atoms with Crippen molar-refractivity contribution in [2.75, 3.05) is 0 Å². The van der Waals surface area contributed by atoms with Crippen molar-refractivity contribution >= 4 is 29.2 Å². The number of aryl methyl sites for hydroxylation is 1. The Labute approximate surface area is 119 Å². The summed E-state index contributed by atoms with van der Waals surface area (Å²) in [6.45, 7) is 2.11. The number of nitrogens with zero attached hydrogens (tertiary/aromatic N) is 1. The van der Waals surface area contributed by atoms with Crippen LogP contribution < -0.4 is 16.4 Å². The van der Waals surface area contributed by atoms with Crippen LogP contribution in [0.2, 0.25) is 0 Å². The van der Waals surface area contributed by atoms with Gasteiger partial charge < -0.3 is 21.5 Å². The Bertz CT molecular complexity index is 502. The maximum atomic E-state index is 11.6. The zero-order valence-electron chi connectivity index (χ0n) is 10.9. The lowest BCUT2D eigenvalue weighted by molar-refractivity contribution is -0.139. The van der Waals surface area contributed by atoms with E-state index in [0.717, 1.165) is 9.88 Å². The van der Waals surface area contributed by atoms with E-state index in [4.69, 9.17) is 10.8 Å². The van der Waals surface area contributed by atoms with Gasteiger partial charge in [-0.2, -0.15) is 0 Å². The number of hydrogen-bond donors (Lipinski definition) is 4. The lowest BCUT2D eigenvalue weighted by Gasteiger charge is -2.13. The largest absolute Gasteiger partial charge is 0.480 e. The molecule has 0 radical (unpaired) electrons. The van der Waals surface area contributed by atoms with E-state index >= 15 is 0 Å². The summed E-state index contributed by atoms with van der Waals surface area (Å²) in [5.41, 5.74) is 4.94. The average Bonchev–Trinajstić information content (AvgIpc) is 2.77. The molecule has 8 nitrogen and oxygen atoms in total. The van der Waals surface area contributed by atoms with Gasteiger partial charge in [0.2, 0.25) is 5.91 Å². The molecule has 0 spiro atoms. The minimum Gasteiger partial charge on any atom is -0.480 e. The highest BCUT2D eigenvalue weighted by Crippen LogP contribution is 2.10. The number of carboxylic acid groups (broad SMARTS) is 1. The molecule has 5 N–H and O–H groups in total. The first-order valence-corrected chi connectivity index (χ1v) is 6.67. The number of thiazole rings is 1. The third-order valence-corrected chi connectivity index (χ3v) is 3.26. The first-order chi connectivity index (χ1) is 9.38. The Hall–Kier alpha value is -2.16. The van der Waals surface area contributed by atoms with Gasteiger partial charge in [-0.1, -0.05) is 0 Å². The number of carboxylic acids is 1. The van der Waals surface area contributed by atoms with Crippen LogP contribution in [0.1, 0.15) is 22.7 Å². The molecule has 0 aliphatic carbocycles. The van der Waals surface area contributed by atoms with Gasteiger partial charge in [0.05, 0.1) is 6.54 Å². The monoisotopic (exact) mass is 300 g/mol. The van der Waals surface area contributed by atoms with E-state index < -0.39 is 23.9 Å². The number of carbonyl (C=O) groups excluding carboxylic acids is 2. The topological polar surface area (TPSA) is 134 Å². The molecule has 1 heterocycles. The molecule has 1 aromatic rings. The smallest absolute Gasteiger partial charge is 0.326 e. The van der Waals surface area contributed by atoms with Gasteiger partial charge >= 0.3 is 12.0 Å². The van der Waals surface area contributed by atoms with Crippen molar-refractivity contribution in [3.63, 3.8) is 0 Å². The Kier molecular flexibility index (Phi) is 5.91. The van der Waals surface area contributed by atoms with Gasteiger partial charge in [0.15, 0.2) is 0 Å². The Morgan fingerprint density at radius 3 is 2.70 bits per heavy atom. The molecule has 0 saturated heterocycles. The minimum atomic E-state index is -1.22. The second kappa shape index (κ2) is 7.43. The maximum Gasteiger partial charge on any atom is 0.326 e. The van der Waals surface area contributed by atoms with E-state index in [-0.39, 0.29) is 19.4 Å². The molecular weight excluding hydrogens is 284 g/mol. The van der Waals surface area contributed by atoms with Crippen molar-refractivity contribution < 1.29 is 19.5 Å². The highest BCUT2D eigenvalue weighted by molar-refractivity contribution is 7.11. The highest BCUT2D eigenvalue weighted by Gasteiger charge is 2.20. The van der Waals surface area contributed by atoms with Crippen LogP contribution in [0.3, 0.4) is 0 Å². The first-order valence-electron chi connectivity index (χ1n) is 5.85. The first kappa shape index (κ1) is 15.9. The van der Waals surface area contributed by atoms with Crippen molar-refractivity contribution in [3.05, 3.63) is 16.1 Å². The number of aliphatic carboxylic acids is 1. The standard InChI is InChI=1S/C11H16N4O4S/c1-6-4-13-9(20-6)5-14-11(19)15-7(10(17)18)2-3-8(12)16/h4,7H,2-3,5H2,1H3,(H2,12,16)(H,17,18)(H2,14,15,19)/t7-/m1/s1. The maximum absolute atomic E-state index is 11.6. The number of hydrogen-bond acceptors (Lipinski definition) is 5. The van der Waals surface area contributed by atoms with Crippen molar-refractivity contribution in [1.29, 1.82) is 0 Å². The van der Waals surface area contributed by atoms with Gasteiger partial charge in [0.25, 0.3) is 0 Å². The van der Waals surface area contributed by atoms with Crippen molar-refractivity contribution in [3.8, 4) is 0 Å². The molecule has 0 aliphatic rings. The molecule has 3 amide bonds. The second-order valence-electron chi connectivity index (χ2n) is 4.09. The van der Waals surface area contributed by atoms with E-state index in [9.17, 15) is 14.4 Å². The van der Waals surface area contributed by atoms with Crippen LogP contribution in [0.5, 0.6) is 0 Å². The number of nitrogens with one attached hydrogen (secondary N) is 2. The summed E-state index contributed by atoms with van der Waals surface area (Å²) in [6.07, 6.45) is 1.53. The Balaban J connectivity index is 2.41. The summed E-state index contributed by atoms with van der Waals surface area (Å²) < 4.78 is 0. The SMILES string of the molecule is Cc1cnc(CNC(=O)N[C@H](CCC(N)=O)C(=O)O)s1. The van der Waals surface area contributed by atoms with E-state index in [1.54, 1.807) is 6.20 Å². The van der Waals surface area contributed by atoms with Crippen LogP contribution >= 0.6 is 11.3 Å². The summed E-state index contributed by atoms with van der Waals surface area (Å²) >= 11 is 1.44. The van der Waals surface area contributed by atoms with Crippen LogP contribution in [0.25, 0.3) is 0 Å². The lowest BCUT2D eigenvalue weighted by atomic mass is 10.1.